The second-order valence-electron chi connectivity index (χ2n) is 5.58. The summed E-state index contributed by atoms with van der Waals surface area (Å²) in [6.45, 7) is 16.0. The molecule has 0 radical (unpaired) electrons. The molecular weight excluding hydrogens is 322 g/mol. The minimum Gasteiger partial charge on any atom is -0.361 e. The Hall–Kier alpha value is -1.95. The molecule has 5 nitrogen and oxygen atoms in total. The molecule has 0 aliphatic rings. The average molecular weight is 350 g/mol. The lowest BCUT2D eigenvalue weighted by Gasteiger charge is -1.83. The van der Waals surface area contributed by atoms with E-state index in [0.29, 0.717) is 0 Å². The van der Waals surface area contributed by atoms with Crippen LogP contribution in [0.25, 0.3) is 0 Å². The normalized spacial score (nSPS) is 9.83. The highest BCUT2D eigenvalue weighted by Crippen LogP contribution is 2.14. The van der Waals surface area contributed by atoms with Gasteiger partial charge >= 0.3 is 0 Å². The van der Waals surface area contributed by atoms with Crippen LogP contribution < -0.4 is 0 Å². The van der Waals surface area contributed by atoms with E-state index in [0.717, 1.165) is 29.2 Å². The first kappa shape index (κ1) is 20.1. The molecular formula is C18H27N3O2S. The van der Waals surface area contributed by atoms with E-state index in [1.807, 2.05) is 41.5 Å². The third-order valence-electron chi connectivity index (χ3n) is 3.76. The average Bonchev–Trinajstić information content (AvgIpc) is 3.17. The Morgan fingerprint density at radius 3 is 1.75 bits per heavy atom. The molecule has 0 amide bonds. The summed E-state index contributed by atoms with van der Waals surface area (Å²) in [7, 11) is 0. The fourth-order valence-electron chi connectivity index (χ4n) is 1.82. The zero-order chi connectivity index (χ0) is 18.3. The number of rotatable bonds is 1. The summed E-state index contributed by atoms with van der Waals surface area (Å²) < 4.78 is 9.65. The second kappa shape index (κ2) is 9.37. The predicted molar refractivity (Wildman–Crippen MR) is 97.7 cm³/mol. The lowest BCUT2D eigenvalue weighted by atomic mass is 10.2. The van der Waals surface area contributed by atoms with Crippen molar-refractivity contribution in [2.24, 2.45) is 0 Å². The molecule has 0 atom stereocenters. The zero-order valence-corrected chi connectivity index (χ0v) is 16.7. The molecule has 3 rings (SSSR count). The van der Waals surface area contributed by atoms with Crippen molar-refractivity contribution < 1.29 is 9.05 Å². The third-order valence-corrected chi connectivity index (χ3v) is 4.75. The van der Waals surface area contributed by atoms with Gasteiger partial charge in [-0.25, -0.2) is 4.98 Å². The van der Waals surface area contributed by atoms with E-state index in [1.165, 1.54) is 21.1 Å². The van der Waals surface area contributed by atoms with Crippen LogP contribution in [0.15, 0.2) is 15.2 Å². The van der Waals surface area contributed by atoms with Gasteiger partial charge in [0.2, 0.25) is 0 Å². The van der Waals surface area contributed by atoms with Crippen LogP contribution in [-0.4, -0.2) is 15.3 Å². The van der Waals surface area contributed by atoms with Crippen LogP contribution in [0.1, 0.15) is 50.8 Å². The molecule has 132 valence electrons. The van der Waals surface area contributed by atoms with Gasteiger partial charge in [0, 0.05) is 16.0 Å². The third kappa shape index (κ3) is 5.92. The Morgan fingerprint density at radius 2 is 1.58 bits per heavy atom. The van der Waals surface area contributed by atoms with E-state index in [9.17, 15) is 0 Å². The van der Waals surface area contributed by atoms with Crippen molar-refractivity contribution in [2.75, 3.05) is 0 Å². The fraction of sp³-hybridized carbons (Fsp3) is 0.500. The molecule has 0 bridgehead atoms. The van der Waals surface area contributed by atoms with Crippen molar-refractivity contribution in [3.05, 3.63) is 50.1 Å². The summed E-state index contributed by atoms with van der Waals surface area (Å²) in [6.07, 6.45) is 2.77. The molecule has 0 fully saturated rings. The summed E-state index contributed by atoms with van der Waals surface area (Å²) in [5.74, 6) is 1.86. The Morgan fingerprint density at radius 1 is 0.917 bits per heavy atom. The van der Waals surface area contributed by atoms with E-state index in [2.05, 4.69) is 29.1 Å². The van der Waals surface area contributed by atoms with Crippen molar-refractivity contribution >= 4 is 11.3 Å². The van der Waals surface area contributed by atoms with Gasteiger partial charge in [-0.3, -0.25) is 0 Å². The van der Waals surface area contributed by atoms with Crippen molar-refractivity contribution in [1.29, 1.82) is 0 Å². The predicted octanol–water partition coefficient (Wildman–Crippen LogP) is 5.21. The molecule has 0 unspecified atom stereocenters. The summed E-state index contributed by atoms with van der Waals surface area (Å²) in [6, 6.07) is 0. The first-order chi connectivity index (χ1) is 11.3. The SMILES string of the molecule is CCc1cnoc1C.Cc1nc(C)c(C)s1.Cc1noc(C)c1C. The van der Waals surface area contributed by atoms with Gasteiger partial charge in [0.15, 0.2) is 0 Å². The van der Waals surface area contributed by atoms with Crippen molar-refractivity contribution in [3.63, 3.8) is 0 Å². The maximum atomic E-state index is 4.84. The first-order valence-corrected chi connectivity index (χ1v) is 8.78. The molecule has 24 heavy (non-hydrogen) atoms. The molecule has 0 saturated carbocycles. The van der Waals surface area contributed by atoms with Crippen molar-refractivity contribution in [2.45, 2.75) is 61.8 Å². The zero-order valence-electron chi connectivity index (χ0n) is 15.9. The van der Waals surface area contributed by atoms with Crippen LogP contribution in [0, 0.1) is 48.5 Å². The van der Waals surface area contributed by atoms with Crippen LogP contribution in [0.4, 0.5) is 0 Å². The van der Waals surface area contributed by atoms with E-state index < -0.39 is 0 Å². The van der Waals surface area contributed by atoms with Crippen LogP contribution in [-0.2, 0) is 6.42 Å². The molecule has 0 aromatic carbocycles. The number of hydrogen-bond donors (Lipinski definition) is 0. The quantitative estimate of drug-likeness (QED) is 0.603. The number of thiazole rings is 1. The van der Waals surface area contributed by atoms with E-state index >= 15 is 0 Å². The van der Waals surface area contributed by atoms with Crippen LogP contribution in [0.2, 0.25) is 0 Å². The molecule has 3 aromatic heterocycles. The monoisotopic (exact) mass is 349 g/mol. The maximum absolute atomic E-state index is 4.84. The van der Waals surface area contributed by atoms with E-state index in [1.54, 1.807) is 17.5 Å². The number of aromatic nitrogens is 3. The molecule has 0 aliphatic heterocycles. The van der Waals surface area contributed by atoms with Crippen LogP contribution in [0.3, 0.4) is 0 Å². The van der Waals surface area contributed by atoms with Gasteiger partial charge in [-0.1, -0.05) is 17.2 Å². The summed E-state index contributed by atoms with van der Waals surface area (Å²) >= 11 is 1.76. The number of nitrogens with zero attached hydrogens (tertiary/aromatic N) is 3. The topological polar surface area (TPSA) is 65.0 Å². The van der Waals surface area contributed by atoms with Gasteiger partial charge in [0.25, 0.3) is 0 Å². The van der Waals surface area contributed by atoms with Gasteiger partial charge in [-0.05, 0) is 54.9 Å². The minimum absolute atomic E-state index is 0.919. The molecule has 3 heterocycles. The van der Waals surface area contributed by atoms with E-state index in [4.69, 9.17) is 9.05 Å². The van der Waals surface area contributed by atoms with Gasteiger partial charge in [-0.15, -0.1) is 11.3 Å². The summed E-state index contributed by atoms with van der Waals surface area (Å²) in [4.78, 5) is 5.56. The minimum atomic E-state index is 0.919. The maximum Gasteiger partial charge on any atom is 0.136 e. The largest absolute Gasteiger partial charge is 0.361 e. The van der Waals surface area contributed by atoms with Gasteiger partial charge in [0.1, 0.15) is 11.5 Å². The number of aryl methyl sites for hydroxylation is 7. The van der Waals surface area contributed by atoms with Gasteiger partial charge < -0.3 is 9.05 Å². The summed E-state index contributed by atoms with van der Waals surface area (Å²) in [5.41, 5.74) is 4.52. The standard InChI is InChI=1S/2C6H9NO.C6H9NS/c1-4-5(2)7-8-6(4)3;1-3-6-4-7-8-5(6)2;1-4-5(2)8-6(3)7-4/h1-3H3;4H,3H2,1-2H3;1-3H3. The molecule has 0 spiro atoms. The molecule has 0 aliphatic carbocycles. The van der Waals surface area contributed by atoms with Crippen molar-refractivity contribution in [1.82, 2.24) is 15.3 Å². The number of hydrogen-bond acceptors (Lipinski definition) is 6. The van der Waals surface area contributed by atoms with Crippen LogP contribution >= 0.6 is 11.3 Å². The second-order valence-corrected chi connectivity index (χ2v) is 6.99. The summed E-state index contributed by atoms with van der Waals surface area (Å²) in [5, 5.41) is 8.52. The Kier molecular flexibility index (Phi) is 7.85. The first-order valence-electron chi connectivity index (χ1n) is 7.96. The molecule has 0 saturated heterocycles. The Labute approximate surface area is 148 Å². The van der Waals surface area contributed by atoms with Gasteiger partial charge in [0.05, 0.1) is 22.6 Å². The fourth-order valence-corrected chi connectivity index (χ4v) is 2.64. The highest BCUT2D eigenvalue weighted by atomic mass is 32.1. The van der Waals surface area contributed by atoms with E-state index in [-0.39, 0.29) is 0 Å². The van der Waals surface area contributed by atoms with Crippen molar-refractivity contribution in [3.8, 4) is 0 Å². The molecule has 3 aromatic rings. The van der Waals surface area contributed by atoms with Gasteiger partial charge in [-0.2, -0.15) is 0 Å². The lowest BCUT2D eigenvalue weighted by Crippen LogP contribution is -1.75. The molecule has 0 N–H and O–H groups in total. The lowest BCUT2D eigenvalue weighted by molar-refractivity contribution is 0.392. The highest BCUT2D eigenvalue weighted by Gasteiger charge is 2.00. The van der Waals surface area contributed by atoms with Crippen LogP contribution in [0.5, 0.6) is 0 Å². The Balaban J connectivity index is 0.000000180. The smallest absolute Gasteiger partial charge is 0.136 e. The Bertz CT molecular complexity index is 717. The highest BCUT2D eigenvalue weighted by molar-refractivity contribution is 7.11. The molecule has 6 heteroatoms.